The van der Waals surface area contributed by atoms with E-state index in [9.17, 15) is 0 Å². The zero-order valence-corrected chi connectivity index (χ0v) is 13.4. The van der Waals surface area contributed by atoms with Crippen LogP contribution in [0, 0.1) is 6.92 Å². The molecule has 1 atom stereocenters. The Morgan fingerprint density at radius 3 is 2.70 bits per heavy atom. The average Bonchev–Trinajstić information content (AvgIpc) is 2.49. The zero-order chi connectivity index (χ0) is 14.6. The van der Waals surface area contributed by atoms with Crippen LogP contribution >= 0.6 is 0 Å². The molecule has 1 unspecified atom stereocenters. The van der Waals surface area contributed by atoms with E-state index >= 15 is 0 Å². The molecule has 1 fully saturated rings. The molecular weight excluding hydrogens is 246 g/mol. The first-order chi connectivity index (χ1) is 9.64. The average molecular weight is 275 g/mol. The van der Waals surface area contributed by atoms with Gasteiger partial charge in [0.1, 0.15) is 0 Å². The minimum atomic E-state index is 0.298. The molecule has 1 N–H and O–H groups in total. The fourth-order valence-corrected chi connectivity index (χ4v) is 3.25. The molecule has 0 saturated carbocycles. The van der Waals surface area contributed by atoms with Gasteiger partial charge >= 0.3 is 0 Å². The van der Waals surface area contributed by atoms with E-state index in [1.807, 2.05) is 12.4 Å². The second-order valence-electron chi connectivity index (χ2n) is 6.14. The Morgan fingerprint density at radius 1 is 1.35 bits per heavy atom. The Bertz CT molecular complexity index is 426. The van der Waals surface area contributed by atoms with Gasteiger partial charge in [-0.15, -0.1) is 0 Å². The number of nitrogens with one attached hydrogen (secondary N) is 1. The first kappa shape index (κ1) is 15.5. The molecule has 1 saturated heterocycles. The van der Waals surface area contributed by atoms with Crippen LogP contribution in [0.3, 0.4) is 0 Å². The van der Waals surface area contributed by atoms with Crippen LogP contribution in [0.1, 0.15) is 51.2 Å². The molecule has 3 heteroatoms. The molecule has 2 rings (SSSR count). The van der Waals surface area contributed by atoms with Crippen LogP contribution in [-0.4, -0.2) is 34.6 Å². The monoisotopic (exact) mass is 275 g/mol. The number of hydrogen-bond acceptors (Lipinski definition) is 3. The fraction of sp³-hybridized carbons (Fsp3) is 0.706. The summed E-state index contributed by atoms with van der Waals surface area (Å²) in [6, 6.07) is 2.82. The molecule has 0 radical (unpaired) electrons. The first-order valence-corrected chi connectivity index (χ1v) is 8.02. The number of rotatable bonds is 5. The highest BCUT2D eigenvalue weighted by atomic mass is 15.2. The Balaban J connectivity index is 2.15. The van der Waals surface area contributed by atoms with Crippen molar-refractivity contribution in [3.8, 4) is 0 Å². The predicted molar refractivity (Wildman–Crippen MR) is 84.8 cm³/mol. The van der Waals surface area contributed by atoms with Crippen LogP contribution in [0.4, 0.5) is 0 Å². The standard InChI is InChI=1S/C17H29N3/c1-5-16-11-19-17(6-2,7-3)13-20(16)12-15-8-9-18-10-14(15)4/h8-10,16,19H,5-7,11-13H2,1-4H3. The lowest BCUT2D eigenvalue weighted by molar-refractivity contribution is 0.0642. The van der Waals surface area contributed by atoms with Crippen molar-refractivity contribution < 1.29 is 0 Å². The lowest BCUT2D eigenvalue weighted by Crippen LogP contribution is -2.63. The summed E-state index contributed by atoms with van der Waals surface area (Å²) in [7, 11) is 0. The third-order valence-electron chi connectivity index (χ3n) is 5.07. The zero-order valence-electron chi connectivity index (χ0n) is 13.4. The van der Waals surface area contributed by atoms with Crippen LogP contribution < -0.4 is 5.32 Å². The van der Waals surface area contributed by atoms with Crippen molar-refractivity contribution >= 4 is 0 Å². The van der Waals surface area contributed by atoms with Gasteiger partial charge in [0.05, 0.1) is 0 Å². The highest BCUT2D eigenvalue weighted by Gasteiger charge is 2.35. The molecule has 0 aliphatic carbocycles. The minimum Gasteiger partial charge on any atom is -0.308 e. The maximum Gasteiger partial charge on any atom is 0.0304 e. The minimum absolute atomic E-state index is 0.298. The van der Waals surface area contributed by atoms with Gasteiger partial charge in [-0.3, -0.25) is 9.88 Å². The molecule has 1 aromatic heterocycles. The van der Waals surface area contributed by atoms with E-state index in [0.29, 0.717) is 11.6 Å². The van der Waals surface area contributed by atoms with Gasteiger partial charge in [-0.1, -0.05) is 20.8 Å². The van der Waals surface area contributed by atoms with Crippen molar-refractivity contribution in [3.05, 3.63) is 29.6 Å². The van der Waals surface area contributed by atoms with Crippen LogP contribution in [0.5, 0.6) is 0 Å². The first-order valence-electron chi connectivity index (χ1n) is 8.02. The molecule has 1 aromatic rings. The Labute approximate surface area is 123 Å². The van der Waals surface area contributed by atoms with Crippen LogP contribution in [0.15, 0.2) is 18.5 Å². The van der Waals surface area contributed by atoms with Crippen molar-refractivity contribution in [1.29, 1.82) is 0 Å². The third-order valence-corrected chi connectivity index (χ3v) is 5.07. The Hall–Kier alpha value is -0.930. The number of aromatic nitrogens is 1. The van der Waals surface area contributed by atoms with Gasteiger partial charge in [-0.05, 0) is 43.4 Å². The third kappa shape index (κ3) is 3.21. The molecule has 0 amide bonds. The molecule has 0 spiro atoms. The summed E-state index contributed by atoms with van der Waals surface area (Å²) in [4.78, 5) is 6.88. The van der Waals surface area contributed by atoms with E-state index in [-0.39, 0.29) is 0 Å². The van der Waals surface area contributed by atoms with Crippen molar-refractivity contribution in [2.24, 2.45) is 0 Å². The lowest BCUT2D eigenvalue weighted by atomic mass is 9.87. The van der Waals surface area contributed by atoms with E-state index in [1.54, 1.807) is 0 Å². The van der Waals surface area contributed by atoms with Crippen molar-refractivity contribution in [3.63, 3.8) is 0 Å². The molecular formula is C17H29N3. The summed E-state index contributed by atoms with van der Waals surface area (Å²) in [6.07, 6.45) is 7.50. The number of aryl methyl sites for hydroxylation is 1. The van der Waals surface area contributed by atoms with Gasteiger partial charge in [0.2, 0.25) is 0 Å². The van der Waals surface area contributed by atoms with Gasteiger partial charge in [0, 0.05) is 43.6 Å². The normalized spacial score (nSPS) is 22.9. The van der Waals surface area contributed by atoms with E-state index < -0.39 is 0 Å². The molecule has 1 aliphatic rings. The number of piperazine rings is 1. The molecule has 3 nitrogen and oxygen atoms in total. The molecule has 20 heavy (non-hydrogen) atoms. The van der Waals surface area contributed by atoms with Gasteiger partial charge in [-0.2, -0.15) is 0 Å². The Morgan fingerprint density at radius 2 is 2.10 bits per heavy atom. The highest BCUT2D eigenvalue weighted by molar-refractivity contribution is 5.21. The number of hydrogen-bond donors (Lipinski definition) is 1. The van der Waals surface area contributed by atoms with Gasteiger partial charge in [-0.25, -0.2) is 0 Å². The van der Waals surface area contributed by atoms with Crippen LogP contribution in [0.25, 0.3) is 0 Å². The van der Waals surface area contributed by atoms with Crippen LogP contribution in [-0.2, 0) is 6.54 Å². The summed E-state index contributed by atoms with van der Waals surface area (Å²) in [5, 5.41) is 3.81. The summed E-state index contributed by atoms with van der Waals surface area (Å²) in [5.74, 6) is 0. The van der Waals surface area contributed by atoms with E-state index in [1.165, 1.54) is 30.4 Å². The highest BCUT2D eigenvalue weighted by Crippen LogP contribution is 2.25. The summed E-state index contributed by atoms with van der Waals surface area (Å²) < 4.78 is 0. The van der Waals surface area contributed by atoms with Crippen molar-refractivity contribution in [2.75, 3.05) is 13.1 Å². The van der Waals surface area contributed by atoms with Gasteiger partial charge < -0.3 is 5.32 Å². The maximum atomic E-state index is 4.21. The smallest absolute Gasteiger partial charge is 0.0304 e. The SMILES string of the molecule is CCC1CNC(CC)(CC)CN1Cc1ccncc1C. The summed E-state index contributed by atoms with van der Waals surface area (Å²) in [6.45, 7) is 12.4. The summed E-state index contributed by atoms with van der Waals surface area (Å²) in [5.41, 5.74) is 3.02. The quantitative estimate of drug-likeness (QED) is 0.895. The van der Waals surface area contributed by atoms with Gasteiger partial charge in [0.15, 0.2) is 0 Å². The van der Waals surface area contributed by atoms with Crippen molar-refractivity contribution in [2.45, 2.75) is 65.1 Å². The second kappa shape index (κ2) is 6.68. The van der Waals surface area contributed by atoms with Crippen molar-refractivity contribution in [1.82, 2.24) is 15.2 Å². The van der Waals surface area contributed by atoms with E-state index in [2.05, 4.69) is 49.0 Å². The molecule has 2 heterocycles. The van der Waals surface area contributed by atoms with E-state index in [0.717, 1.165) is 19.6 Å². The topological polar surface area (TPSA) is 28.2 Å². The summed E-state index contributed by atoms with van der Waals surface area (Å²) >= 11 is 0. The van der Waals surface area contributed by atoms with Gasteiger partial charge in [0.25, 0.3) is 0 Å². The number of nitrogens with zero attached hydrogens (tertiary/aromatic N) is 2. The van der Waals surface area contributed by atoms with Crippen LogP contribution in [0.2, 0.25) is 0 Å². The van der Waals surface area contributed by atoms with E-state index in [4.69, 9.17) is 0 Å². The molecule has 0 aromatic carbocycles. The Kier molecular flexibility index (Phi) is 5.17. The molecule has 0 bridgehead atoms. The number of pyridine rings is 1. The maximum absolute atomic E-state index is 4.21. The predicted octanol–water partition coefficient (Wildman–Crippen LogP) is 3.13. The molecule has 1 aliphatic heterocycles. The lowest BCUT2D eigenvalue weighted by Gasteiger charge is -2.47. The fourth-order valence-electron chi connectivity index (χ4n) is 3.25. The molecule has 112 valence electrons. The largest absolute Gasteiger partial charge is 0.308 e. The second-order valence-corrected chi connectivity index (χ2v) is 6.14.